The predicted molar refractivity (Wildman–Crippen MR) is 126 cm³/mol. The molecule has 1 saturated heterocycles. The molecule has 1 aromatic heterocycles. The Kier molecular flexibility index (Phi) is 6.48. The lowest BCUT2D eigenvalue weighted by Crippen LogP contribution is -2.21. The Hall–Kier alpha value is -2.97. The van der Waals surface area contributed by atoms with Gasteiger partial charge in [-0.2, -0.15) is 0 Å². The summed E-state index contributed by atoms with van der Waals surface area (Å²) in [5, 5.41) is 7.74. The van der Waals surface area contributed by atoms with Crippen LogP contribution >= 0.6 is 12.2 Å². The Morgan fingerprint density at radius 2 is 1.97 bits per heavy atom. The largest absolute Gasteiger partial charge is 0.493 e. The third-order valence-corrected chi connectivity index (χ3v) is 5.57. The molecule has 7 nitrogen and oxygen atoms in total. The van der Waals surface area contributed by atoms with Crippen molar-refractivity contribution < 1.29 is 14.2 Å². The van der Waals surface area contributed by atoms with Gasteiger partial charge in [-0.25, -0.2) is 9.97 Å². The zero-order valence-corrected chi connectivity index (χ0v) is 18.7. The van der Waals surface area contributed by atoms with Gasteiger partial charge in [0.15, 0.2) is 16.6 Å². The third-order valence-electron chi connectivity index (χ3n) is 5.37. The maximum Gasteiger partial charge on any atom is 0.176 e. The number of fused-ring (bicyclic) bond motifs is 1. The molecule has 1 atom stereocenters. The van der Waals surface area contributed by atoms with Gasteiger partial charge in [0.1, 0.15) is 12.1 Å². The Labute approximate surface area is 187 Å². The number of hydrogen-bond donors (Lipinski definition) is 2. The van der Waals surface area contributed by atoms with Gasteiger partial charge in [0.05, 0.1) is 25.8 Å². The van der Waals surface area contributed by atoms with Gasteiger partial charge in [-0.05, 0) is 49.7 Å². The summed E-state index contributed by atoms with van der Waals surface area (Å²) in [4.78, 5) is 8.78. The second kappa shape index (κ2) is 9.45. The lowest BCUT2D eigenvalue weighted by molar-refractivity contribution is 0.165. The molecule has 0 spiro atoms. The van der Waals surface area contributed by atoms with Crippen molar-refractivity contribution in [2.45, 2.75) is 20.3 Å². The van der Waals surface area contributed by atoms with Gasteiger partial charge < -0.3 is 24.8 Å². The lowest BCUT2D eigenvalue weighted by Gasteiger charge is -2.17. The molecule has 0 saturated carbocycles. The fourth-order valence-electron chi connectivity index (χ4n) is 3.62. The maximum atomic E-state index is 6.07. The fourth-order valence-corrected chi connectivity index (χ4v) is 3.82. The molecule has 4 rings (SSSR count). The number of rotatable bonds is 6. The summed E-state index contributed by atoms with van der Waals surface area (Å²) >= 11 is 5.55. The zero-order valence-electron chi connectivity index (χ0n) is 17.9. The summed E-state index contributed by atoms with van der Waals surface area (Å²) in [5.74, 6) is 2.27. The number of aromatic nitrogens is 2. The van der Waals surface area contributed by atoms with Crippen molar-refractivity contribution >= 4 is 39.7 Å². The van der Waals surface area contributed by atoms with Crippen LogP contribution in [-0.4, -0.2) is 42.0 Å². The minimum atomic E-state index is 0.388. The number of nitrogens with zero attached hydrogens (tertiary/aromatic N) is 2. The van der Waals surface area contributed by atoms with E-state index in [1.165, 1.54) is 6.33 Å². The highest BCUT2D eigenvalue weighted by Crippen LogP contribution is 2.34. The van der Waals surface area contributed by atoms with E-state index in [9.17, 15) is 0 Å². The van der Waals surface area contributed by atoms with Crippen LogP contribution in [0.1, 0.15) is 17.5 Å². The Morgan fingerprint density at radius 3 is 2.68 bits per heavy atom. The van der Waals surface area contributed by atoms with Gasteiger partial charge in [-0.1, -0.05) is 18.2 Å². The van der Waals surface area contributed by atoms with Crippen molar-refractivity contribution in [1.29, 1.82) is 0 Å². The van der Waals surface area contributed by atoms with Crippen LogP contribution < -0.4 is 20.1 Å². The summed E-state index contributed by atoms with van der Waals surface area (Å²) in [6.45, 7) is 6.18. The molecule has 1 aliphatic rings. The van der Waals surface area contributed by atoms with E-state index in [-0.39, 0.29) is 0 Å². The van der Waals surface area contributed by atoms with Crippen LogP contribution in [0.5, 0.6) is 11.5 Å². The number of nitrogens with one attached hydrogen (secondary N) is 2. The summed E-state index contributed by atoms with van der Waals surface area (Å²) in [7, 11) is 1.62. The Balaban J connectivity index is 1.58. The van der Waals surface area contributed by atoms with Gasteiger partial charge >= 0.3 is 0 Å². The number of anilines is 2. The molecule has 31 heavy (non-hydrogen) atoms. The number of aryl methyl sites for hydroxylation is 2. The number of para-hydroxylation sites is 1. The van der Waals surface area contributed by atoms with Crippen LogP contribution in [-0.2, 0) is 4.74 Å². The monoisotopic (exact) mass is 438 g/mol. The highest BCUT2D eigenvalue weighted by atomic mass is 32.1. The fraction of sp³-hybridized carbons (Fsp3) is 0.348. The van der Waals surface area contributed by atoms with E-state index in [4.69, 9.17) is 26.4 Å². The molecule has 2 N–H and O–H groups in total. The highest BCUT2D eigenvalue weighted by molar-refractivity contribution is 7.80. The van der Waals surface area contributed by atoms with Crippen molar-refractivity contribution in [1.82, 2.24) is 9.97 Å². The van der Waals surface area contributed by atoms with Crippen molar-refractivity contribution in [2.24, 2.45) is 5.92 Å². The van der Waals surface area contributed by atoms with Crippen molar-refractivity contribution in [3.8, 4) is 11.5 Å². The second-order valence-corrected chi connectivity index (χ2v) is 8.04. The van der Waals surface area contributed by atoms with E-state index >= 15 is 0 Å². The first kappa shape index (κ1) is 21.3. The van der Waals surface area contributed by atoms with Crippen LogP contribution in [0.3, 0.4) is 0 Å². The smallest absolute Gasteiger partial charge is 0.176 e. The highest BCUT2D eigenvalue weighted by Gasteiger charge is 2.18. The predicted octanol–water partition coefficient (Wildman–Crippen LogP) is 4.48. The van der Waals surface area contributed by atoms with Crippen LogP contribution in [0.2, 0.25) is 0 Å². The van der Waals surface area contributed by atoms with Crippen LogP contribution in [0.15, 0.2) is 36.7 Å². The molecule has 3 aromatic rings. The first-order valence-electron chi connectivity index (χ1n) is 10.2. The topological polar surface area (TPSA) is 77.5 Å². The third kappa shape index (κ3) is 4.86. The summed E-state index contributed by atoms with van der Waals surface area (Å²) in [6, 6.07) is 9.86. The van der Waals surface area contributed by atoms with E-state index < -0.39 is 0 Å². The van der Waals surface area contributed by atoms with E-state index in [0.717, 1.165) is 47.4 Å². The molecule has 2 heterocycles. The molecular formula is C23H26N4O3S. The standard InChI is InChI=1S/C23H26N4O3S/c1-14-5-4-6-15(2)21(14)26-23(31)27-22-17-9-20(30-12-16-7-8-29-11-16)19(28-3)10-18(17)24-13-25-22/h4-6,9-10,13,16H,7-8,11-12H2,1-3H3,(H2,24,25,26,27,31). The molecule has 2 aromatic carbocycles. The van der Waals surface area contributed by atoms with Crippen molar-refractivity contribution in [3.05, 3.63) is 47.8 Å². The lowest BCUT2D eigenvalue weighted by atomic mass is 10.1. The summed E-state index contributed by atoms with van der Waals surface area (Å²) < 4.78 is 17.0. The number of methoxy groups -OCH3 is 1. The average Bonchev–Trinajstić information content (AvgIpc) is 3.28. The first-order valence-corrected chi connectivity index (χ1v) is 10.6. The number of thiocarbonyl (C=S) groups is 1. The number of hydrogen-bond acceptors (Lipinski definition) is 6. The summed E-state index contributed by atoms with van der Waals surface area (Å²) in [6.07, 6.45) is 2.51. The van der Waals surface area contributed by atoms with Gasteiger partial charge in [-0.3, -0.25) is 0 Å². The molecule has 0 bridgehead atoms. The van der Waals surface area contributed by atoms with Crippen LogP contribution in [0.25, 0.3) is 10.9 Å². The molecular weight excluding hydrogens is 412 g/mol. The molecule has 162 valence electrons. The second-order valence-electron chi connectivity index (χ2n) is 7.63. The normalized spacial score (nSPS) is 15.6. The minimum absolute atomic E-state index is 0.388. The van der Waals surface area contributed by atoms with E-state index in [1.54, 1.807) is 7.11 Å². The van der Waals surface area contributed by atoms with Crippen molar-refractivity contribution in [2.75, 3.05) is 37.6 Å². The molecule has 1 aliphatic heterocycles. The quantitative estimate of drug-likeness (QED) is 0.546. The molecule has 0 aliphatic carbocycles. The molecule has 0 radical (unpaired) electrons. The Morgan fingerprint density at radius 1 is 1.16 bits per heavy atom. The van der Waals surface area contributed by atoms with E-state index in [2.05, 4.69) is 20.6 Å². The summed E-state index contributed by atoms with van der Waals surface area (Å²) in [5.41, 5.74) is 3.96. The van der Waals surface area contributed by atoms with Crippen LogP contribution in [0.4, 0.5) is 11.5 Å². The molecule has 0 amide bonds. The first-order chi connectivity index (χ1) is 15.0. The number of benzene rings is 2. The Bertz CT molecular complexity index is 1080. The zero-order chi connectivity index (χ0) is 21.8. The average molecular weight is 439 g/mol. The van der Waals surface area contributed by atoms with E-state index in [1.807, 2.05) is 44.2 Å². The van der Waals surface area contributed by atoms with Gasteiger partial charge in [0.25, 0.3) is 0 Å². The molecule has 8 heteroatoms. The number of ether oxygens (including phenoxy) is 3. The van der Waals surface area contributed by atoms with Gasteiger partial charge in [0.2, 0.25) is 0 Å². The SMILES string of the molecule is COc1cc2ncnc(NC(=S)Nc3c(C)cccc3C)c2cc1OCC1CCOC1. The van der Waals surface area contributed by atoms with Crippen LogP contribution in [0, 0.1) is 19.8 Å². The molecule has 1 unspecified atom stereocenters. The maximum absolute atomic E-state index is 6.07. The minimum Gasteiger partial charge on any atom is -0.493 e. The van der Waals surface area contributed by atoms with Crippen molar-refractivity contribution in [3.63, 3.8) is 0 Å². The van der Waals surface area contributed by atoms with Gasteiger partial charge in [-0.15, -0.1) is 0 Å². The van der Waals surface area contributed by atoms with E-state index in [0.29, 0.717) is 35.0 Å². The molecule has 1 fully saturated rings. The van der Waals surface area contributed by atoms with Gasteiger partial charge in [0, 0.05) is 29.7 Å².